The Hall–Kier alpha value is -2.76. The molecule has 4 rings (SSSR count). The van der Waals surface area contributed by atoms with Gasteiger partial charge in [-0.05, 0) is 29.3 Å². The molecule has 1 amide bonds. The fourth-order valence-corrected chi connectivity index (χ4v) is 3.67. The molecule has 0 bridgehead atoms. The zero-order chi connectivity index (χ0) is 19.0. The Morgan fingerprint density at radius 2 is 1.63 bits per heavy atom. The molecule has 3 aromatic rings. The molecule has 1 aliphatic heterocycles. The van der Waals surface area contributed by atoms with E-state index in [9.17, 15) is 14.7 Å². The average molecular weight is 422 g/mol. The van der Waals surface area contributed by atoms with Gasteiger partial charge in [0, 0.05) is 21.3 Å². The first-order valence-electron chi connectivity index (χ1n) is 8.50. The summed E-state index contributed by atoms with van der Waals surface area (Å²) in [7, 11) is 0. The standard InChI is InChI=1S/C22H16BrNO3/c23-17-10-11-19-18(12-17)22(27,21(26)24-19)13-20(25)16-8-6-15(7-9-16)14-4-2-1-3-5-14/h1-12,27H,13H2,(H,24,26)/t22-/m1/s1. The highest BCUT2D eigenvalue weighted by Gasteiger charge is 2.46. The number of halogens is 1. The minimum atomic E-state index is -1.87. The monoisotopic (exact) mass is 421 g/mol. The first kappa shape index (κ1) is 17.6. The topological polar surface area (TPSA) is 66.4 Å². The van der Waals surface area contributed by atoms with Crippen molar-refractivity contribution in [2.75, 3.05) is 5.32 Å². The lowest BCUT2D eigenvalue weighted by atomic mass is 9.88. The van der Waals surface area contributed by atoms with E-state index in [1.165, 1.54) is 0 Å². The fraction of sp³-hybridized carbons (Fsp3) is 0.0909. The van der Waals surface area contributed by atoms with Crippen molar-refractivity contribution in [3.8, 4) is 11.1 Å². The van der Waals surface area contributed by atoms with Crippen molar-refractivity contribution in [1.82, 2.24) is 0 Å². The molecule has 1 atom stereocenters. The quantitative estimate of drug-likeness (QED) is 0.608. The van der Waals surface area contributed by atoms with E-state index in [0.29, 0.717) is 16.8 Å². The molecule has 2 N–H and O–H groups in total. The molecule has 0 aliphatic carbocycles. The number of benzene rings is 3. The van der Waals surface area contributed by atoms with Crippen molar-refractivity contribution in [2.45, 2.75) is 12.0 Å². The number of amides is 1. The number of rotatable bonds is 4. The molecule has 0 unspecified atom stereocenters. The average Bonchev–Trinajstić information content (AvgIpc) is 2.93. The first-order valence-corrected chi connectivity index (χ1v) is 9.29. The highest BCUT2D eigenvalue weighted by molar-refractivity contribution is 9.10. The molecular weight excluding hydrogens is 406 g/mol. The van der Waals surface area contributed by atoms with Crippen LogP contribution >= 0.6 is 15.9 Å². The summed E-state index contributed by atoms with van der Waals surface area (Å²) in [5.41, 5.74) is 1.59. The summed E-state index contributed by atoms with van der Waals surface area (Å²) < 4.78 is 0.732. The molecule has 4 nitrogen and oxygen atoms in total. The number of Topliss-reactive ketones (excluding diaryl/α,β-unsaturated/α-hetero) is 1. The van der Waals surface area contributed by atoms with Crippen molar-refractivity contribution in [3.05, 3.63) is 88.4 Å². The summed E-state index contributed by atoms with van der Waals surface area (Å²) in [5, 5.41) is 13.6. The van der Waals surface area contributed by atoms with E-state index < -0.39 is 11.5 Å². The Morgan fingerprint density at radius 1 is 0.963 bits per heavy atom. The van der Waals surface area contributed by atoms with Crippen LogP contribution in [0.4, 0.5) is 5.69 Å². The van der Waals surface area contributed by atoms with Crippen molar-refractivity contribution in [2.24, 2.45) is 0 Å². The molecule has 0 saturated heterocycles. The summed E-state index contributed by atoms with van der Waals surface area (Å²) in [5.74, 6) is -0.870. The predicted molar refractivity (Wildman–Crippen MR) is 107 cm³/mol. The first-order chi connectivity index (χ1) is 13.0. The number of hydrogen-bond donors (Lipinski definition) is 2. The van der Waals surface area contributed by atoms with E-state index in [2.05, 4.69) is 21.2 Å². The van der Waals surface area contributed by atoms with Gasteiger partial charge in [0.15, 0.2) is 11.4 Å². The lowest BCUT2D eigenvalue weighted by Gasteiger charge is -2.20. The van der Waals surface area contributed by atoms with Crippen LogP contribution in [0.15, 0.2) is 77.3 Å². The van der Waals surface area contributed by atoms with Gasteiger partial charge in [0.1, 0.15) is 0 Å². The van der Waals surface area contributed by atoms with Gasteiger partial charge >= 0.3 is 0 Å². The third-order valence-electron chi connectivity index (χ3n) is 4.78. The van der Waals surface area contributed by atoms with Gasteiger partial charge in [0.2, 0.25) is 0 Å². The molecule has 134 valence electrons. The van der Waals surface area contributed by atoms with Crippen molar-refractivity contribution >= 4 is 33.3 Å². The normalized spacial score (nSPS) is 18.1. The van der Waals surface area contributed by atoms with Gasteiger partial charge in [-0.25, -0.2) is 0 Å². The maximum atomic E-state index is 12.7. The molecule has 27 heavy (non-hydrogen) atoms. The van der Waals surface area contributed by atoms with Gasteiger partial charge in [-0.3, -0.25) is 9.59 Å². The number of aliphatic hydroxyl groups is 1. The van der Waals surface area contributed by atoms with Crippen LogP contribution < -0.4 is 5.32 Å². The van der Waals surface area contributed by atoms with Gasteiger partial charge < -0.3 is 10.4 Å². The minimum Gasteiger partial charge on any atom is -0.375 e. The SMILES string of the molecule is O=C(C[C@]1(O)C(=O)Nc2ccc(Br)cc21)c1ccc(-c2ccccc2)cc1. The van der Waals surface area contributed by atoms with Crippen molar-refractivity contribution in [1.29, 1.82) is 0 Å². The summed E-state index contributed by atoms with van der Waals surface area (Å²) in [6.07, 6.45) is -0.313. The molecule has 3 aromatic carbocycles. The Kier molecular flexibility index (Phi) is 4.42. The van der Waals surface area contributed by atoms with Gasteiger partial charge in [-0.15, -0.1) is 0 Å². The summed E-state index contributed by atoms with van der Waals surface area (Å²) in [6, 6.07) is 22.2. The molecule has 1 aliphatic rings. The van der Waals surface area contributed by atoms with E-state index in [-0.39, 0.29) is 12.2 Å². The molecule has 0 aromatic heterocycles. The van der Waals surface area contributed by atoms with Gasteiger partial charge in [0.25, 0.3) is 5.91 Å². The number of anilines is 1. The molecule has 5 heteroatoms. The van der Waals surface area contributed by atoms with E-state index in [1.54, 1.807) is 30.3 Å². The highest BCUT2D eigenvalue weighted by Crippen LogP contribution is 2.40. The Balaban J connectivity index is 1.59. The number of carbonyl (C=O) groups is 2. The van der Waals surface area contributed by atoms with Gasteiger partial charge in [-0.1, -0.05) is 70.5 Å². The third-order valence-corrected chi connectivity index (χ3v) is 5.27. The second kappa shape index (κ2) is 6.76. The number of carbonyl (C=O) groups excluding carboxylic acids is 2. The maximum Gasteiger partial charge on any atom is 0.261 e. The van der Waals surface area contributed by atoms with Crippen LogP contribution in [0.25, 0.3) is 11.1 Å². The second-order valence-electron chi connectivity index (χ2n) is 6.55. The lowest BCUT2D eigenvalue weighted by molar-refractivity contribution is -0.133. The number of ketones is 1. The zero-order valence-electron chi connectivity index (χ0n) is 14.3. The Bertz CT molecular complexity index is 1030. The number of nitrogens with one attached hydrogen (secondary N) is 1. The molecule has 1 heterocycles. The highest BCUT2D eigenvalue weighted by atomic mass is 79.9. The molecule has 0 saturated carbocycles. The fourth-order valence-electron chi connectivity index (χ4n) is 3.30. The minimum absolute atomic E-state index is 0.292. The van der Waals surface area contributed by atoms with Crippen LogP contribution in [0.2, 0.25) is 0 Å². The molecule has 0 spiro atoms. The van der Waals surface area contributed by atoms with Gasteiger partial charge in [-0.2, -0.15) is 0 Å². The van der Waals surface area contributed by atoms with Crippen LogP contribution in [0, 0.1) is 0 Å². The number of fused-ring (bicyclic) bond motifs is 1. The van der Waals surface area contributed by atoms with Crippen LogP contribution in [-0.4, -0.2) is 16.8 Å². The van der Waals surface area contributed by atoms with E-state index >= 15 is 0 Å². The van der Waals surface area contributed by atoms with Gasteiger partial charge in [0.05, 0.1) is 6.42 Å². The van der Waals surface area contributed by atoms with Crippen LogP contribution in [-0.2, 0) is 10.4 Å². The van der Waals surface area contributed by atoms with Crippen LogP contribution in [0.1, 0.15) is 22.3 Å². The lowest BCUT2D eigenvalue weighted by Crippen LogP contribution is -2.36. The van der Waals surface area contributed by atoms with E-state index in [0.717, 1.165) is 15.6 Å². The molecule has 0 radical (unpaired) electrons. The summed E-state index contributed by atoms with van der Waals surface area (Å²) in [4.78, 5) is 25.1. The third kappa shape index (κ3) is 3.20. The van der Waals surface area contributed by atoms with E-state index in [1.807, 2.05) is 42.5 Å². The predicted octanol–water partition coefficient (Wildman–Crippen LogP) is 4.53. The Labute approximate surface area is 165 Å². The van der Waals surface area contributed by atoms with Crippen LogP contribution in [0.5, 0.6) is 0 Å². The van der Waals surface area contributed by atoms with E-state index in [4.69, 9.17) is 0 Å². The smallest absolute Gasteiger partial charge is 0.261 e. The van der Waals surface area contributed by atoms with Crippen LogP contribution in [0.3, 0.4) is 0 Å². The van der Waals surface area contributed by atoms with Crippen molar-refractivity contribution in [3.63, 3.8) is 0 Å². The second-order valence-corrected chi connectivity index (χ2v) is 7.46. The molecular formula is C22H16BrNO3. The summed E-state index contributed by atoms with van der Waals surface area (Å²) >= 11 is 3.34. The maximum absolute atomic E-state index is 12.7. The van der Waals surface area contributed by atoms with Crippen molar-refractivity contribution < 1.29 is 14.7 Å². The Morgan fingerprint density at radius 3 is 2.33 bits per heavy atom. The molecule has 0 fully saturated rings. The number of hydrogen-bond acceptors (Lipinski definition) is 3. The largest absolute Gasteiger partial charge is 0.375 e. The summed E-state index contributed by atoms with van der Waals surface area (Å²) in [6.45, 7) is 0. The zero-order valence-corrected chi connectivity index (χ0v) is 15.9.